The molecule has 0 aromatic heterocycles. The predicted octanol–water partition coefficient (Wildman–Crippen LogP) is 1.48. The smallest absolute Gasteiger partial charge is 0.328 e. The van der Waals surface area contributed by atoms with Crippen molar-refractivity contribution >= 4 is 5.97 Å². The van der Waals surface area contributed by atoms with Crippen LogP contribution in [-0.4, -0.2) is 18.2 Å². The lowest BCUT2D eigenvalue weighted by Crippen LogP contribution is -2.47. The zero-order valence-electron chi connectivity index (χ0n) is 9.44. The van der Waals surface area contributed by atoms with Crippen LogP contribution in [-0.2, 0) is 10.3 Å². The van der Waals surface area contributed by atoms with Gasteiger partial charge in [0.15, 0.2) is 0 Å². The van der Waals surface area contributed by atoms with Gasteiger partial charge in [0.05, 0.1) is 7.11 Å². The molecule has 3 N–H and O–H groups in total. The molecule has 0 radical (unpaired) electrons. The van der Waals surface area contributed by atoms with E-state index in [0.29, 0.717) is 5.75 Å². The van der Waals surface area contributed by atoms with E-state index in [4.69, 9.17) is 10.5 Å². The van der Waals surface area contributed by atoms with Gasteiger partial charge in [0, 0.05) is 5.56 Å². The fourth-order valence-corrected chi connectivity index (χ4v) is 2.05. The highest BCUT2D eigenvalue weighted by Gasteiger charge is 2.51. The minimum Gasteiger partial charge on any atom is -0.496 e. The van der Waals surface area contributed by atoms with E-state index in [9.17, 15) is 14.3 Å². The highest BCUT2D eigenvalue weighted by molar-refractivity contribution is 5.82. The summed E-state index contributed by atoms with van der Waals surface area (Å²) in [5.74, 6) is -1.51. The summed E-state index contributed by atoms with van der Waals surface area (Å²) in [5.41, 5.74) is 4.61. The second-order valence-electron chi connectivity index (χ2n) is 4.29. The molecule has 5 heteroatoms. The van der Waals surface area contributed by atoms with E-state index < -0.39 is 17.3 Å². The molecule has 0 spiro atoms. The number of carboxylic acids is 1. The Bertz CT molecular complexity index is 459. The van der Waals surface area contributed by atoms with Crippen LogP contribution in [0.1, 0.15) is 18.4 Å². The summed E-state index contributed by atoms with van der Waals surface area (Å²) in [6.45, 7) is 0. The Morgan fingerprint density at radius 2 is 2.24 bits per heavy atom. The van der Waals surface area contributed by atoms with Crippen molar-refractivity contribution in [1.82, 2.24) is 0 Å². The predicted molar refractivity (Wildman–Crippen MR) is 59.2 cm³/mol. The number of rotatable bonds is 4. The van der Waals surface area contributed by atoms with Crippen LogP contribution in [0.5, 0.6) is 5.75 Å². The number of methoxy groups -OCH3 is 1. The number of halogens is 1. The third-order valence-corrected chi connectivity index (χ3v) is 3.18. The lowest BCUT2D eigenvalue weighted by molar-refractivity contribution is -0.144. The minimum absolute atomic E-state index is 0.157. The number of benzene rings is 1. The first-order valence-electron chi connectivity index (χ1n) is 5.36. The Labute approximate surface area is 98.2 Å². The number of aliphatic carboxylic acids is 1. The van der Waals surface area contributed by atoms with Gasteiger partial charge in [0.2, 0.25) is 0 Å². The molecule has 1 unspecified atom stereocenters. The number of carboxylic acid groups (broad SMARTS) is 1. The molecule has 1 aliphatic rings. The normalized spacial score (nSPS) is 18.5. The van der Waals surface area contributed by atoms with Gasteiger partial charge >= 0.3 is 5.97 Å². The molecular weight excluding hydrogens is 225 g/mol. The number of carbonyl (C=O) groups is 1. The van der Waals surface area contributed by atoms with E-state index in [-0.39, 0.29) is 11.5 Å². The molecule has 0 bridgehead atoms. The SMILES string of the molecule is COc1ccc(F)cc1C(N)(C(=O)O)C1CC1. The van der Waals surface area contributed by atoms with E-state index >= 15 is 0 Å². The van der Waals surface area contributed by atoms with Crippen molar-refractivity contribution in [3.8, 4) is 5.75 Å². The molecule has 92 valence electrons. The van der Waals surface area contributed by atoms with E-state index in [2.05, 4.69) is 0 Å². The van der Waals surface area contributed by atoms with E-state index in [1.165, 1.54) is 19.2 Å². The van der Waals surface area contributed by atoms with Gasteiger partial charge in [-0.05, 0) is 37.0 Å². The maximum Gasteiger partial charge on any atom is 0.328 e. The summed E-state index contributed by atoms with van der Waals surface area (Å²) in [7, 11) is 1.41. The first-order chi connectivity index (χ1) is 8.00. The Balaban J connectivity index is 2.56. The molecule has 1 atom stereocenters. The second kappa shape index (κ2) is 4.00. The number of nitrogens with two attached hydrogens (primary N) is 1. The molecule has 2 rings (SSSR count). The van der Waals surface area contributed by atoms with Gasteiger partial charge in [0.1, 0.15) is 17.1 Å². The standard InChI is InChI=1S/C12H14FNO3/c1-17-10-5-4-8(13)6-9(10)12(14,11(15)16)7-2-3-7/h4-7H,2-3,14H2,1H3,(H,15,16). The van der Waals surface area contributed by atoms with Gasteiger partial charge in [-0.2, -0.15) is 0 Å². The van der Waals surface area contributed by atoms with Crippen molar-refractivity contribution in [2.45, 2.75) is 18.4 Å². The molecule has 0 aliphatic heterocycles. The Morgan fingerprint density at radius 3 is 2.71 bits per heavy atom. The van der Waals surface area contributed by atoms with Gasteiger partial charge in [-0.25, -0.2) is 9.18 Å². The van der Waals surface area contributed by atoms with Crippen LogP contribution in [0.3, 0.4) is 0 Å². The average molecular weight is 239 g/mol. The van der Waals surface area contributed by atoms with Crippen LogP contribution in [0.2, 0.25) is 0 Å². The second-order valence-corrected chi connectivity index (χ2v) is 4.29. The third kappa shape index (κ3) is 1.86. The quantitative estimate of drug-likeness (QED) is 0.834. The Hall–Kier alpha value is -1.62. The van der Waals surface area contributed by atoms with Crippen LogP contribution in [0.4, 0.5) is 4.39 Å². The molecule has 0 amide bonds. The summed E-state index contributed by atoms with van der Waals surface area (Å²) >= 11 is 0. The van der Waals surface area contributed by atoms with E-state index in [1.54, 1.807) is 0 Å². The van der Waals surface area contributed by atoms with Crippen LogP contribution >= 0.6 is 0 Å². The molecule has 4 nitrogen and oxygen atoms in total. The summed E-state index contributed by atoms with van der Waals surface area (Å²) in [6.07, 6.45) is 1.48. The zero-order chi connectivity index (χ0) is 12.6. The molecule has 0 saturated heterocycles. The summed E-state index contributed by atoms with van der Waals surface area (Å²) in [5, 5.41) is 9.30. The maximum atomic E-state index is 13.3. The highest BCUT2D eigenvalue weighted by Crippen LogP contribution is 2.46. The first kappa shape index (κ1) is 11.9. The molecule has 1 aliphatic carbocycles. The van der Waals surface area contributed by atoms with Crippen molar-refractivity contribution in [3.05, 3.63) is 29.6 Å². The summed E-state index contributed by atoms with van der Waals surface area (Å²) < 4.78 is 18.3. The van der Waals surface area contributed by atoms with Crippen LogP contribution in [0.15, 0.2) is 18.2 Å². The average Bonchev–Trinajstić information content (AvgIpc) is 3.11. The minimum atomic E-state index is -1.56. The van der Waals surface area contributed by atoms with Crippen molar-refractivity contribution in [2.24, 2.45) is 11.7 Å². The van der Waals surface area contributed by atoms with Crippen molar-refractivity contribution in [1.29, 1.82) is 0 Å². The van der Waals surface area contributed by atoms with Gasteiger partial charge in [-0.3, -0.25) is 0 Å². The summed E-state index contributed by atoms with van der Waals surface area (Å²) in [4.78, 5) is 11.4. The lowest BCUT2D eigenvalue weighted by atomic mass is 9.85. The molecule has 17 heavy (non-hydrogen) atoms. The van der Waals surface area contributed by atoms with Gasteiger partial charge in [0.25, 0.3) is 0 Å². The molecule has 1 saturated carbocycles. The number of hydrogen-bond donors (Lipinski definition) is 2. The van der Waals surface area contributed by atoms with E-state index in [1.807, 2.05) is 0 Å². The lowest BCUT2D eigenvalue weighted by Gasteiger charge is -2.26. The highest BCUT2D eigenvalue weighted by atomic mass is 19.1. The monoisotopic (exact) mass is 239 g/mol. The number of hydrogen-bond acceptors (Lipinski definition) is 3. The molecule has 1 aromatic carbocycles. The largest absolute Gasteiger partial charge is 0.496 e. The molecule has 1 aromatic rings. The zero-order valence-corrected chi connectivity index (χ0v) is 9.44. The fraction of sp³-hybridized carbons (Fsp3) is 0.417. The van der Waals surface area contributed by atoms with E-state index in [0.717, 1.165) is 18.9 Å². The van der Waals surface area contributed by atoms with Crippen LogP contribution in [0.25, 0.3) is 0 Å². The third-order valence-electron chi connectivity index (χ3n) is 3.18. The topological polar surface area (TPSA) is 72.5 Å². The molecular formula is C12H14FNO3. The van der Waals surface area contributed by atoms with Crippen molar-refractivity contribution in [3.63, 3.8) is 0 Å². The molecule has 1 fully saturated rings. The Kier molecular flexibility index (Phi) is 2.79. The Morgan fingerprint density at radius 1 is 1.59 bits per heavy atom. The van der Waals surface area contributed by atoms with Gasteiger partial charge in [-0.15, -0.1) is 0 Å². The van der Waals surface area contributed by atoms with Crippen LogP contribution in [0, 0.1) is 11.7 Å². The van der Waals surface area contributed by atoms with Gasteiger partial charge < -0.3 is 15.6 Å². The molecule has 0 heterocycles. The van der Waals surface area contributed by atoms with Crippen molar-refractivity contribution in [2.75, 3.05) is 7.11 Å². The number of ether oxygens (including phenoxy) is 1. The fourth-order valence-electron chi connectivity index (χ4n) is 2.05. The van der Waals surface area contributed by atoms with Gasteiger partial charge in [-0.1, -0.05) is 0 Å². The first-order valence-corrected chi connectivity index (χ1v) is 5.36. The van der Waals surface area contributed by atoms with Crippen LogP contribution < -0.4 is 10.5 Å². The maximum absolute atomic E-state index is 13.3. The summed E-state index contributed by atoms with van der Waals surface area (Å²) in [6, 6.07) is 3.76. The van der Waals surface area contributed by atoms with Crippen molar-refractivity contribution < 1.29 is 19.0 Å².